The van der Waals surface area contributed by atoms with E-state index < -0.39 is 4.92 Å². The summed E-state index contributed by atoms with van der Waals surface area (Å²) in [4.78, 5) is 9.85. The molecule has 0 bridgehead atoms. The van der Waals surface area contributed by atoms with Gasteiger partial charge in [0.15, 0.2) is 11.3 Å². The third kappa shape index (κ3) is 1.42. The van der Waals surface area contributed by atoms with E-state index in [0.717, 1.165) is 0 Å². The highest BCUT2D eigenvalue weighted by molar-refractivity contribution is 5.90. The number of nitrogens with zero attached hydrogens (tertiary/aromatic N) is 3. The van der Waals surface area contributed by atoms with E-state index in [4.69, 9.17) is 4.74 Å². The van der Waals surface area contributed by atoms with Crippen LogP contribution in [0, 0.1) is 10.1 Å². The van der Waals surface area contributed by atoms with E-state index >= 15 is 0 Å². The second-order valence-corrected chi connectivity index (χ2v) is 2.86. The molecule has 6 nitrogen and oxygen atoms in total. The molecule has 1 rings (SSSR count). The van der Waals surface area contributed by atoms with Crippen LogP contribution in [0.3, 0.4) is 0 Å². The second kappa shape index (κ2) is 2.56. The van der Waals surface area contributed by atoms with Crippen LogP contribution in [0.4, 0.5) is 0 Å². The Kier molecular flexibility index (Phi) is 1.85. The lowest BCUT2D eigenvalue weighted by Crippen LogP contribution is -2.24. The fraction of sp³-hybridized carbons (Fsp3) is 0.500. The zero-order valence-electron chi connectivity index (χ0n) is 7.14. The maximum absolute atomic E-state index is 10.4. The van der Waals surface area contributed by atoms with E-state index in [-0.39, 0.29) is 16.2 Å². The van der Waals surface area contributed by atoms with Crippen molar-refractivity contribution in [2.24, 2.45) is 5.10 Å². The summed E-state index contributed by atoms with van der Waals surface area (Å²) < 4.78 is 4.89. The maximum atomic E-state index is 10.4. The fourth-order valence-corrected chi connectivity index (χ4v) is 0.937. The summed E-state index contributed by atoms with van der Waals surface area (Å²) in [5.74, 6) is -0.00694. The van der Waals surface area contributed by atoms with E-state index in [9.17, 15) is 10.1 Å². The summed E-state index contributed by atoms with van der Waals surface area (Å²) >= 11 is 0. The van der Waals surface area contributed by atoms with Crippen LogP contribution in [0.15, 0.2) is 17.1 Å². The quantitative estimate of drug-likeness (QED) is 0.321. The van der Waals surface area contributed by atoms with Gasteiger partial charge in [0.05, 0.1) is 7.11 Å². The fourth-order valence-electron chi connectivity index (χ4n) is 0.937. The zero-order chi connectivity index (χ0) is 9.35. The summed E-state index contributed by atoms with van der Waals surface area (Å²) in [7, 11) is 4.82. The molecule has 0 amide bonds. The standard InChI is InChI=1S/C6H10N3O3/c1-9(2)4-5(12-3)6(7-9)8(10)11/h4H,1-3H3/q+1. The van der Waals surface area contributed by atoms with Crippen molar-refractivity contribution in [1.82, 2.24) is 0 Å². The van der Waals surface area contributed by atoms with E-state index in [1.54, 1.807) is 20.3 Å². The summed E-state index contributed by atoms with van der Waals surface area (Å²) in [5, 5.41) is 14.2. The van der Waals surface area contributed by atoms with Crippen LogP contribution in [0.1, 0.15) is 0 Å². The van der Waals surface area contributed by atoms with Gasteiger partial charge in [-0.3, -0.25) is 0 Å². The maximum Gasteiger partial charge on any atom is 0.472 e. The Labute approximate surface area is 69.5 Å². The minimum absolute atomic E-state index is 0.0967. The summed E-state index contributed by atoms with van der Waals surface area (Å²) in [6, 6.07) is 0. The molecule has 0 saturated carbocycles. The van der Waals surface area contributed by atoms with Gasteiger partial charge in [0, 0.05) is 0 Å². The molecule has 0 spiro atoms. The van der Waals surface area contributed by atoms with E-state index in [1.807, 2.05) is 0 Å². The predicted octanol–water partition coefficient (Wildman–Crippen LogP) is 0.154. The highest BCUT2D eigenvalue weighted by atomic mass is 16.6. The van der Waals surface area contributed by atoms with Gasteiger partial charge in [0.25, 0.3) is 5.76 Å². The molecule has 0 saturated heterocycles. The minimum Gasteiger partial charge on any atom is -0.485 e. The first-order valence-corrected chi connectivity index (χ1v) is 3.32. The van der Waals surface area contributed by atoms with Gasteiger partial charge >= 0.3 is 5.84 Å². The monoisotopic (exact) mass is 172 g/mol. The van der Waals surface area contributed by atoms with Gasteiger partial charge in [-0.2, -0.15) is 0 Å². The van der Waals surface area contributed by atoms with Crippen molar-refractivity contribution in [3.8, 4) is 0 Å². The van der Waals surface area contributed by atoms with Crippen molar-refractivity contribution in [2.45, 2.75) is 0 Å². The van der Waals surface area contributed by atoms with Crippen molar-refractivity contribution in [1.29, 1.82) is 0 Å². The van der Waals surface area contributed by atoms with Gasteiger partial charge in [0.1, 0.15) is 14.1 Å². The molecule has 0 radical (unpaired) electrons. The number of quaternary nitrogens is 1. The average Bonchev–Trinajstić information content (AvgIpc) is 2.25. The van der Waals surface area contributed by atoms with Crippen LogP contribution in [-0.4, -0.2) is 36.6 Å². The lowest BCUT2D eigenvalue weighted by Gasteiger charge is -2.02. The molecule has 1 heterocycles. The third-order valence-electron chi connectivity index (χ3n) is 1.40. The second-order valence-electron chi connectivity index (χ2n) is 2.86. The van der Waals surface area contributed by atoms with Gasteiger partial charge in [0.2, 0.25) is 0 Å². The largest absolute Gasteiger partial charge is 0.485 e. The molecule has 0 atom stereocenters. The SMILES string of the molecule is COC1=C[N+](C)(C)N=C1[N+](=O)[O-]. The molecule has 0 fully saturated rings. The van der Waals surface area contributed by atoms with Crippen molar-refractivity contribution in [3.05, 3.63) is 22.1 Å². The number of ether oxygens (including phenoxy) is 1. The van der Waals surface area contributed by atoms with E-state index in [0.29, 0.717) is 0 Å². The average molecular weight is 172 g/mol. The molecule has 0 aromatic heterocycles. The Bertz CT molecular complexity index is 280. The number of hydrogen-bond acceptors (Lipinski definition) is 4. The third-order valence-corrected chi connectivity index (χ3v) is 1.40. The topological polar surface area (TPSA) is 64.7 Å². The number of rotatable bonds is 1. The first kappa shape index (κ1) is 8.66. The molecule has 1 aliphatic rings. The van der Waals surface area contributed by atoms with Crippen molar-refractivity contribution in [2.75, 3.05) is 21.2 Å². The molecule has 0 N–H and O–H groups in total. The Balaban J connectivity index is 3.03. The molecule has 0 aromatic rings. The van der Waals surface area contributed by atoms with Crippen molar-refractivity contribution >= 4 is 5.84 Å². The van der Waals surface area contributed by atoms with Crippen LogP contribution < -0.4 is 0 Å². The number of amidine groups is 1. The molecule has 6 heteroatoms. The highest BCUT2D eigenvalue weighted by Crippen LogP contribution is 2.16. The van der Waals surface area contributed by atoms with Crippen molar-refractivity contribution < 1.29 is 14.3 Å². The number of methoxy groups -OCH3 is 1. The Morgan fingerprint density at radius 1 is 1.67 bits per heavy atom. The lowest BCUT2D eigenvalue weighted by molar-refractivity contribution is -0.844. The molecule has 0 unspecified atom stereocenters. The molecule has 12 heavy (non-hydrogen) atoms. The lowest BCUT2D eigenvalue weighted by atomic mass is 10.5. The molecular weight excluding hydrogens is 162 g/mol. The molecule has 66 valence electrons. The summed E-state index contributed by atoms with van der Waals surface area (Å²) in [6.07, 6.45) is 1.57. The highest BCUT2D eigenvalue weighted by Gasteiger charge is 2.39. The number of hydrogen-bond donors (Lipinski definition) is 0. The van der Waals surface area contributed by atoms with Crippen LogP contribution in [0.25, 0.3) is 0 Å². The summed E-state index contributed by atoms with van der Waals surface area (Å²) in [5.41, 5.74) is 0. The van der Waals surface area contributed by atoms with Crippen LogP contribution >= 0.6 is 0 Å². The Hall–Kier alpha value is -1.43. The van der Waals surface area contributed by atoms with Gasteiger partial charge in [-0.1, -0.05) is 4.59 Å². The first-order valence-electron chi connectivity index (χ1n) is 3.32. The van der Waals surface area contributed by atoms with E-state index in [1.165, 1.54) is 7.11 Å². The molecule has 0 aliphatic carbocycles. The first-order chi connectivity index (χ1) is 5.46. The van der Waals surface area contributed by atoms with Gasteiger partial charge in [-0.25, -0.2) is 0 Å². The minimum atomic E-state index is -0.553. The zero-order valence-corrected chi connectivity index (χ0v) is 7.14. The molecule has 0 aromatic carbocycles. The normalized spacial score (nSPS) is 19.9. The Morgan fingerprint density at radius 3 is 2.58 bits per heavy atom. The predicted molar refractivity (Wildman–Crippen MR) is 41.6 cm³/mol. The summed E-state index contributed by atoms with van der Waals surface area (Å²) in [6.45, 7) is 0. The van der Waals surface area contributed by atoms with Gasteiger partial charge in [-0.05, 0) is 4.92 Å². The van der Waals surface area contributed by atoms with E-state index in [2.05, 4.69) is 5.10 Å². The van der Waals surface area contributed by atoms with Crippen LogP contribution in [0.2, 0.25) is 0 Å². The molecule has 1 aliphatic heterocycles. The smallest absolute Gasteiger partial charge is 0.472 e. The number of nitro groups is 1. The Morgan fingerprint density at radius 2 is 2.25 bits per heavy atom. The van der Waals surface area contributed by atoms with Crippen molar-refractivity contribution in [3.63, 3.8) is 0 Å². The van der Waals surface area contributed by atoms with Gasteiger partial charge in [-0.15, -0.1) is 0 Å². The van der Waals surface area contributed by atoms with Crippen LogP contribution in [-0.2, 0) is 4.74 Å². The van der Waals surface area contributed by atoms with Crippen LogP contribution in [0.5, 0.6) is 0 Å². The van der Waals surface area contributed by atoms with Gasteiger partial charge < -0.3 is 14.9 Å². The molecular formula is C6H10N3O3+.